The standard InChI is InChI=1S/C17H13Cl2N5O3S/c18-11-1-3-12(4-2-11)20-17(25)21-13-5-7-14(8-6-13)28(26,27)24-16-10-9-15(19)22-23-16/h1-10H,(H,23,24)(H2,20,21,25). The van der Waals surface area contributed by atoms with E-state index in [1.807, 2.05) is 0 Å². The Morgan fingerprint density at radius 2 is 1.36 bits per heavy atom. The summed E-state index contributed by atoms with van der Waals surface area (Å²) in [6.07, 6.45) is 0. The summed E-state index contributed by atoms with van der Waals surface area (Å²) in [5, 5.41) is 13.2. The lowest BCUT2D eigenvalue weighted by Gasteiger charge is -2.10. The molecule has 8 nitrogen and oxygen atoms in total. The molecule has 2 amide bonds. The molecule has 3 N–H and O–H groups in total. The first-order chi connectivity index (χ1) is 13.3. The third-order valence-corrected chi connectivity index (χ3v) is 5.22. The summed E-state index contributed by atoms with van der Waals surface area (Å²) in [5.41, 5.74) is 0.978. The predicted molar refractivity (Wildman–Crippen MR) is 108 cm³/mol. The number of urea groups is 1. The topological polar surface area (TPSA) is 113 Å². The zero-order valence-corrected chi connectivity index (χ0v) is 16.4. The normalized spacial score (nSPS) is 10.9. The van der Waals surface area contributed by atoms with Crippen molar-refractivity contribution in [2.45, 2.75) is 4.90 Å². The number of nitrogens with zero attached hydrogens (tertiary/aromatic N) is 2. The van der Waals surface area contributed by atoms with Crippen LogP contribution in [-0.4, -0.2) is 24.6 Å². The van der Waals surface area contributed by atoms with Gasteiger partial charge >= 0.3 is 6.03 Å². The molecule has 0 unspecified atom stereocenters. The molecule has 3 rings (SSSR count). The highest BCUT2D eigenvalue weighted by Gasteiger charge is 2.15. The minimum Gasteiger partial charge on any atom is -0.308 e. The monoisotopic (exact) mass is 437 g/mol. The number of rotatable bonds is 5. The van der Waals surface area contributed by atoms with E-state index in [0.717, 1.165) is 0 Å². The number of sulfonamides is 1. The van der Waals surface area contributed by atoms with Crippen molar-refractivity contribution in [3.63, 3.8) is 0 Å². The zero-order chi connectivity index (χ0) is 20.1. The van der Waals surface area contributed by atoms with Gasteiger partial charge in [0.05, 0.1) is 4.90 Å². The fraction of sp³-hybridized carbons (Fsp3) is 0. The summed E-state index contributed by atoms with van der Waals surface area (Å²) in [7, 11) is -3.86. The number of aromatic nitrogens is 2. The van der Waals surface area contributed by atoms with Gasteiger partial charge in [-0.15, -0.1) is 10.2 Å². The highest BCUT2D eigenvalue weighted by molar-refractivity contribution is 7.92. The van der Waals surface area contributed by atoms with Crippen LogP contribution < -0.4 is 15.4 Å². The summed E-state index contributed by atoms with van der Waals surface area (Å²) < 4.78 is 27.0. The van der Waals surface area contributed by atoms with Crippen LogP contribution in [0.5, 0.6) is 0 Å². The van der Waals surface area contributed by atoms with Crippen molar-refractivity contribution in [1.82, 2.24) is 10.2 Å². The van der Waals surface area contributed by atoms with Crippen molar-refractivity contribution in [2.24, 2.45) is 0 Å². The molecule has 0 aliphatic heterocycles. The van der Waals surface area contributed by atoms with E-state index in [-0.39, 0.29) is 15.9 Å². The van der Waals surface area contributed by atoms with E-state index in [9.17, 15) is 13.2 Å². The second kappa shape index (κ2) is 8.42. The molecule has 0 saturated carbocycles. The summed E-state index contributed by atoms with van der Waals surface area (Å²) >= 11 is 11.4. The van der Waals surface area contributed by atoms with E-state index in [0.29, 0.717) is 16.4 Å². The van der Waals surface area contributed by atoms with Gasteiger partial charge in [-0.1, -0.05) is 23.2 Å². The summed E-state index contributed by atoms with van der Waals surface area (Å²) in [5.74, 6) is 0.0361. The SMILES string of the molecule is O=C(Nc1ccc(Cl)cc1)Nc1ccc(S(=O)(=O)Nc2ccc(Cl)nn2)cc1. The lowest BCUT2D eigenvalue weighted by molar-refractivity contribution is 0.262. The van der Waals surface area contributed by atoms with Gasteiger partial charge in [0.1, 0.15) is 0 Å². The summed E-state index contributed by atoms with van der Waals surface area (Å²) in [6.45, 7) is 0. The van der Waals surface area contributed by atoms with Crippen LogP contribution in [0.1, 0.15) is 0 Å². The Labute approximate surface area is 170 Å². The molecular formula is C17H13Cl2N5O3S. The number of anilines is 3. The molecular weight excluding hydrogens is 425 g/mol. The Morgan fingerprint density at radius 3 is 1.89 bits per heavy atom. The van der Waals surface area contributed by atoms with E-state index < -0.39 is 16.1 Å². The van der Waals surface area contributed by atoms with Crippen LogP contribution in [0.15, 0.2) is 65.6 Å². The van der Waals surface area contributed by atoms with Gasteiger partial charge in [0.25, 0.3) is 10.0 Å². The minimum absolute atomic E-state index is 0.00657. The summed E-state index contributed by atoms with van der Waals surface area (Å²) in [4.78, 5) is 12.0. The van der Waals surface area contributed by atoms with Gasteiger partial charge < -0.3 is 10.6 Å². The Balaban J connectivity index is 1.64. The highest BCUT2D eigenvalue weighted by Crippen LogP contribution is 2.18. The molecule has 0 aliphatic carbocycles. The Bertz CT molecular complexity index is 1070. The molecule has 0 bridgehead atoms. The van der Waals surface area contributed by atoms with Crippen LogP contribution in [0.25, 0.3) is 0 Å². The number of carbonyl (C=O) groups excluding carboxylic acids is 1. The van der Waals surface area contributed by atoms with Gasteiger partial charge in [-0.2, -0.15) is 0 Å². The van der Waals surface area contributed by atoms with E-state index >= 15 is 0 Å². The number of halogens is 2. The number of hydrogen-bond donors (Lipinski definition) is 3. The molecule has 0 spiro atoms. The van der Waals surface area contributed by atoms with E-state index in [1.165, 1.54) is 36.4 Å². The largest absolute Gasteiger partial charge is 0.323 e. The van der Waals surface area contributed by atoms with Gasteiger partial charge in [0.2, 0.25) is 0 Å². The average molecular weight is 438 g/mol. The Kier molecular flexibility index (Phi) is 5.98. The number of benzene rings is 2. The smallest absolute Gasteiger partial charge is 0.308 e. The first-order valence-electron chi connectivity index (χ1n) is 7.77. The number of amides is 2. The van der Waals surface area contributed by atoms with Gasteiger partial charge in [-0.05, 0) is 60.7 Å². The molecule has 144 valence electrons. The fourth-order valence-electron chi connectivity index (χ4n) is 2.11. The maximum absolute atomic E-state index is 12.4. The molecule has 1 aromatic heterocycles. The molecule has 28 heavy (non-hydrogen) atoms. The van der Waals surface area contributed by atoms with Crippen molar-refractivity contribution in [1.29, 1.82) is 0 Å². The third kappa shape index (κ3) is 5.32. The quantitative estimate of drug-likeness (QED) is 0.552. The fourth-order valence-corrected chi connectivity index (χ4v) is 3.33. The molecule has 0 fully saturated rings. The van der Waals surface area contributed by atoms with Crippen LogP contribution in [0.4, 0.5) is 22.0 Å². The molecule has 0 aliphatic rings. The molecule has 0 radical (unpaired) electrons. The molecule has 3 aromatic rings. The van der Waals surface area contributed by atoms with Crippen LogP contribution in [0.3, 0.4) is 0 Å². The second-order valence-electron chi connectivity index (χ2n) is 5.46. The Morgan fingerprint density at radius 1 is 0.786 bits per heavy atom. The number of hydrogen-bond acceptors (Lipinski definition) is 5. The van der Waals surface area contributed by atoms with Gasteiger partial charge in [0.15, 0.2) is 11.0 Å². The van der Waals surface area contributed by atoms with Crippen LogP contribution in [0.2, 0.25) is 10.2 Å². The van der Waals surface area contributed by atoms with Gasteiger partial charge in [0, 0.05) is 16.4 Å². The van der Waals surface area contributed by atoms with Crippen LogP contribution >= 0.6 is 23.2 Å². The third-order valence-electron chi connectivity index (χ3n) is 3.40. The van der Waals surface area contributed by atoms with Crippen molar-refractivity contribution in [2.75, 3.05) is 15.4 Å². The van der Waals surface area contributed by atoms with Gasteiger partial charge in [-0.3, -0.25) is 4.72 Å². The van der Waals surface area contributed by atoms with Crippen molar-refractivity contribution in [3.8, 4) is 0 Å². The number of nitrogens with one attached hydrogen (secondary N) is 3. The van der Waals surface area contributed by atoms with Crippen molar-refractivity contribution >= 4 is 56.4 Å². The maximum Gasteiger partial charge on any atom is 0.323 e. The average Bonchev–Trinajstić information content (AvgIpc) is 2.66. The van der Waals surface area contributed by atoms with Crippen molar-refractivity contribution in [3.05, 3.63) is 70.8 Å². The molecule has 0 saturated heterocycles. The predicted octanol–water partition coefficient (Wildman–Crippen LogP) is 4.23. The number of carbonyl (C=O) groups is 1. The molecule has 11 heteroatoms. The lowest BCUT2D eigenvalue weighted by Crippen LogP contribution is -2.19. The lowest BCUT2D eigenvalue weighted by atomic mass is 10.3. The first-order valence-corrected chi connectivity index (χ1v) is 10.0. The first kappa shape index (κ1) is 19.9. The van der Waals surface area contributed by atoms with Crippen LogP contribution in [0, 0.1) is 0 Å². The van der Waals surface area contributed by atoms with Gasteiger partial charge in [-0.25, -0.2) is 13.2 Å². The molecule has 0 atom stereocenters. The van der Waals surface area contributed by atoms with Crippen LogP contribution in [-0.2, 0) is 10.0 Å². The Hall–Kier alpha value is -2.88. The zero-order valence-electron chi connectivity index (χ0n) is 14.1. The molecule has 1 heterocycles. The minimum atomic E-state index is -3.86. The summed E-state index contributed by atoms with van der Waals surface area (Å²) in [6, 6.07) is 14.6. The molecule has 2 aromatic carbocycles. The second-order valence-corrected chi connectivity index (χ2v) is 7.96. The van der Waals surface area contributed by atoms with E-state index in [4.69, 9.17) is 23.2 Å². The van der Waals surface area contributed by atoms with E-state index in [2.05, 4.69) is 25.6 Å². The highest BCUT2D eigenvalue weighted by atomic mass is 35.5. The van der Waals surface area contributed by atoms with E-state index in [1.54, 1.807) is 24.3 Å². The van der Waals surface area contributed by atoms with Crippen molar-refractivity contribution < 1.29 is 13.2 Å². The maximum atomic E-state index is 12.4.